The van der Waals surface area contributed by atoms with Crippen molar-refractivity contribution in [3.8, 4) is 0 Å². The molecule has 3 heteroatoms. The van der Waals surface area contributed by atoms with Crippen LogP contribution in [-0.4, -0.2) is 25.2 Å². The molecule has 0 aliphatic carbocycles. The van der Waals surface area contributed by atoms with Gasteiger partial charge in [-0.05, 0) is 50.9 Å². The zero-order valence-corrected chi connectivity index (χ0v) is 11.8. The number of ether oxygens (including phenoxy) is 1. The summed E-state index contributed by atoms with van der Waals surface area (Å²) in [6, 6.07) is 7.55. The number of benzene rings is 1. The van der Waals surface area contributed by atoms with Gasteiger partial charge >= 0.3 is 5.97 Å². The van der Waals surface area contributed by atoms with Gasteiger partial charge in [0.25, 0.3) is 0 Å². The van der Waals surface area contributed by atoms with Crippen LogP contribution in [0.25, 0.3) is 6.08 Å². The Bertz CT molecular complexity index is 486. The lowest BCUT2D eigenvalue weighted by Crippen LogP contribution is -2.43. The van der Waals surface area contributed by atoms with Crippen molar-refractivity contribution in [3.63, 3.8) is 0 Å². The summed E-state index contributed by atoms with van der Waals surface area (Å²) >= 11 is 0. The van der Waals surface area contributed by atoms with E-state index in [-0.39, 0.29) is 11.5 Å². The lowest BCUT2D eigenvalue weighted by atomic mass is 9.88. The number of methoxy groups -OCH3 is 1. The van der Waals surface area contributed by atoms with Crippen LogP contribution in [0.5, 0.6) is 0 Å². The maximum absolute atomic E-state index is 11.4. The Hall–Kier alpha value is -1.61. The average Bonchev–Trinajstić information content (AvgIpc) is 2.37. The van der Waals surface area contributed by atoms with Crippen LogP contribution in [0.1, 0.15) is 42.6 Å². The molecule has 0 unspecified atom stereocenters. The van der Waals surface area contributed by atoms with Gasteiger partial charge in [-0.2, -0.15) is 0 Å². The first-order chi connectivity index (χ1) is 9.00. The molecule has 0 bridgehead atoms. The van der Waals surface area contributed by atoms with Gasteiger partial charge < -0.3 is 10.1 Å². The largest absolute Gasteiger partial charge is 0.465 e. The van der Waals surface area contributed by atoms with Gasteiger partial charge in [0.1, 0.15) is 0 Å². The molecule has 1 heterocycles. The molecule has 19 heavy (non-hydrogen) atoms. The van der Waals surface area contributed by atoms with Gasteiger partial charge in [0, 0.05) is 5.54 Å². The molecule has 0 spiro atoms. The number of carbonyl (C=O) groups is 1. The van der Waals surface area contributed by atoms with E-state index in [1.165, 1.54) is 12.7 Å². The van der Waals surface area contributed by atoms with E-state index in [0.29, 0.717) is 5.56 Å². The topological polar surface area (TPSA) is 38.3 Å². The summed E-state index contributed by atoms with van der Waals surface area (Å²) in [5.74, 6) is -0.290. The minimum atomic E-state index is -0.290. The third-order valence-corrected chi connectivity index (χ3v) is 3.42. The molecule has 1 aliphatic rings. The van der Waals surface area contributed by atoms with Gasteiger partial charge in [0.05, 0.1) is 12.7 Å². The van der Waals surface area contributed by atoms with Crippen LogP contribution < -0.4 is 5.32 Å². The van der Waals surface area contributed by atoms with Crippen molar-refractivity contribution in [2.75, 3.05) is 13.7 Å². The van der Waals surface area contributed by atoms with Crippen molar-refractivity contribution in [2.24, 2.45) is 0 Å². The molecule has 3 nitrogen and oxygen atoms in total. The number of rotatable bonds is 2. The first-order valence-electron chi connectivity index (χ1n) is 6.63. The molecule has 0 atom stereocenters. The normalized spacial score (nSPS) is 20.3. The molecular weight excluding hydrogens is 238 g/mol. The number of nitrogens with one attached hydrogen (secondary N) is 1. The minimum absolute atomic E-state index is 0.177. The molecule has 0 saturated carbocycles. The third kappa shape index (κ3) is 3.67. The van der Waals surface area contributed by atoms with Crippen LogP contribution in [0.2, 0.25) is 0 Å². The van der Waals surface area contributed by atoms with Gasteiger partial charge in [0.2, 0.25) is 0 Å². The monoisotopic (exact) mass is 259 g/mol. The summed E-state index contributed by atoms with van der Waals surface area (Å²) in [5, 5.41) is 3.50. The Kier molecular flexibility index (Phi) is 4.05. The molecule has 0 radical (unpaired) electrons. The minimum Gasteiger partial charge on any atom is -0.465 e. The highest BCUT2D eigenvalue weighted by Gasteiger charge is 2.22. The van der Waals surface area contributed by atoms with Gasteiger partial charge in [-0.3, -0.25) is 0 Å². The summed E-state index contributed by atoms with van der Waals surface area (Å²) in [7, 11) is 1.40. The van der Waals surface area contributed by atoms with E-state index in [4.69, 9.17) is 4.74 Å². The SMILES string of the molecule is COC(=O)c1ccc(/C=C2/CCNC(C)(C)C2)cc1. The fourth-order valence-corrected chi connectivity index (χ4v) is 2.47. The zero-order valence-electron chi connectivity index (χ0n) is 11.8. The van der Waals surface area contributed by atoms with Gasteiger partial charge in [-0.1, -0.05) is 23.8 Å². The molecule has 1 aliphatic heterocycles. The predicted octanol–water partition coefficient (Wildman–Crippen LogP) is 3.02. The average molecular weight is 259 g/mol. The fraction of sp³-hybridized carbons (Fsp3) is 0.438. The maximum atomic E-state index is 11.4. The van der Waals surface area contributed by atoms with Crippen molar-refractivity contribution in [1.82, 2.24) is 5.32 Å². The molecule has 0 aromatic heterocycles. The number of carbonyl (C=O) groups excluding carboxylic acids is 1. The molecule has 2 rings (SSSR count). The van der Waals surface area contributed by atoms with E-state index in [9.17, 15) is 4.79 Å². The summed E-state index contributed by atoms with van der Waals surface area (Å²) < 4.78 is 4.69. The van der Waals surface area contributed by atoms with E-state index in [0.717, 1.165) is 24.9 Å². The number of esters is 1. The van der Waals surface area contributed by atoms with Crippen LogP contribution >= 0.6 is 0 Å². The Morgan fingerprint density at radius 2 is 2.00 bits per heavy atom. The summed E-state index contributed by atoms with van der Waals surface area (Å²) in [5.41, 5.74) is 3.36. The number of hydrogen-bond acceptors (Lipinski definition) is 3. The Labute approximate surface area is 114 Å². The molecule has 1 aromatic rings. The predicted molar refractivity (Wildman–Crippen MR) is 77.1 cm³/mol. The quantitative estimate of drug-likeness (QED) is 0.830. The first kappa shape index (κ1) is 13.8. The van der Waals surface area contributed by atoms with Gasteiger partial charge in [-0.25, -0.2) is 4.79 Å². The second-order valence-corrected chi connectivity index (χ2v) is 5.65. The van der Waals surface area contributed by atoms with E-state index in [1.807, 2.05) is 24.3 Å². The lowest BCUT2D eigenvalue weighted by molar-refractivity contribution is 0.0600. The lowest BCUT2D eigenvalue weighted by Gasteiger charge is -2.32. The maximum Gasteiger partial charge on any atom is 0.337 e. The van der Waals surface area contributed by atoms with Crippen LogP contribution in [-0.2, 0) is 4.74 Å². The fourth-order valence-electron chi connectivity index (χ4n) is 2.47. The molecule has 0 amide bonds. The summed E-state index contributed by atoms with van der Waals surface area (Å²) in [6.45, 7) is 5.47. The molecule has 1 aromatic carbocycles. The smallest absolute Gasteiger partial charge is 0.337 e. The van der Waals surface area contributed by atoms with E-state index in [2.05, 4.69) is 25.2 Å². The van der Waals surface area contributed by atoms with Crippen molar-refractivity contribution in [2.45, 2.75) is 32.2 Å². The van der Waals surface area contributed by atoms with E-state index < -0.39 is 0 Å². The van der Waals surface area contributed by atoms with Crippen LogP contribution in [0.4, 0.5) is 0 Å². The summed E-state index contributed by atoms with van der Waals surface area (Å²) in [4.78, 5) is 11.4. The highest BCUT2D eigenvalue weighted by atomic mass is 16.5. The number of piperidine rings is 1. The molecule has 1 N–H and O–H groups in total. The molecule has 1 fully saturated rings. The Morgan fingerprint density at radius 3 is 2.58 bits per heavy atom. The second-order valence-electron chi connectivity index (χ2n) is 5.65. The van der Waals surface area contributed by atoms with Gasteiger partial charge in [0.15, 0.2) is 0 Å². The van der Waals surface area contributed by atoms with Crippen LogP contribution in [0.3, 0.4) is 0 Å². The van der Waals surface area contributed by atoms with E-state index >= 15 is 0 Å². The van der Waals surface area contributed by atoms with Crippen molar-refractivity contribution in [3.05, 3.63) is 41.0 Å². The highest BCUT2D eigenvalue weighted by Crippen LogP contribution is 2.25. The van der Waals surface area contributed by atoms with E-state index in [1.54, 1.807) is 0 Å². The second kappa shape index (κ2) is 5.57. The summed E-state index contributed by atoms with van der Waals surface area (Å²) in [6.07, 6.45) is 4.37. The van der Waals surface area contributed by atoms with Crippen LogP contribution in [0.15, 0.2) is 29.8 Å². The van der Waals surface area contributed by atoms with Crippen molar-refractivity contribution in [1.29, 1.82) is 0 Å². The van der Waals surface area contributed by atoms with Crippen LogP contribution in [0, 0.1) is 0 Å². The first-order valence-corrected chi connectivity index (χ1v) is 6.63. The zero-order chi connectivity index (χ0) is 13.9. The highest BCUT2D eigenvalue weighted by molar-refractivity contribution is 5.89. The number of hydrogen-bond donors (Lipinski definition) is 1. The Morgan fingerprint density at radius 1 is 1.32 bits per heavy atom. The van der Waals surface area contributed by atoms with Crippen molar-refractivity contribution >= 4 is 12.0 Å². The molecular formula is C16H21NO2. The van der Waals surface area contributed by atoms with Crippen molar-refractivity contribution < 1.29 is 9.53 Å². The molecule has 1 saturated heterocycles. The van der Waals surface area contributed by atoms with Gasteiger partial charge in [-0.15, -0.1) is 0 Å². The Balaban J connectivity index is 2.12. The third-order valence-electron chi connectivity index (χ3n) is 3.42. The molecule has 102 valence electrons. The standard InChI is InChI=1S/C16H21NO2/c1-16(2)11-13(8-9-17-16)10-12-4-6-14(7-5-12)15(18)19-3/h4-7,10,17H,8-9,11H2,1-3H3/b13-10-.